The van der Waals surface area contributed by atoms with Crippen LogP contribution < -0.4 is 0 Å². The second-order valence-corrected chi connectivity index (χ2v) is 3.22. The van der Waals surface area contributed by atoms with Crippen LogP contribution >= 0.6 is 0 Å². The molecule has 0 saturated heterocycles. The summed E-state index contributed by atoms with van der Waals surface area (Å²) in [6.07, 6.45) is 0. The second kappa shape index (κ2) is 3.56. The maximum Gasteiger partial charge on any atom is 0.253 e. The van der Waals surface area contributed by atoms with E-state index in [-0.39, 0.29) is 11.7 Å². The van der Waals surface area contributed by atoms with Crippen LogP contribution in [0.2, 0.25) is 0 Å². The van der Waals surface area contributed by atoms with E-state index in [1.807, 2.05) is 0 Å². The molecule has 70 valence electrons. The second-order valence-electron chi connectivity index (χ2n) is 3.22. The average molecular weight is 181 g/mol. The van der Waals surface area contributed by atoms with Crippen LogP contribution in [0.1, 0.15) is 15.9 Å². The summed E-state index contributed by atoms with van der Waals surface area (Å²) in [6.45, 7) is 1.76. The molecule has 0 aromatic heterocycles. The molecule has 0 spiro atoms. The Morgan fingerprint density at radius 3 is 2.38 bits per heavy atom. The van der Waals surface area contributed by atoms with Gasteiger partial charge in [-0.2, -0.15) is 0 Å². The van der Waals surface area contributed by atoms with Crippen LogP contribution in [-0.2, 0) is 0 Å². The van der Waals surface area contributed by atoms with Crippen molar-refractivity contribution in [3.8, 4) is 0 Å². The molecule has 1 aromatic rings. The van der Waals surface area contributed by atoms with E-state index in [1.165, 1.54) is 17.0 Å². The summed E-state index contributed by atoms with van der Waals surface area (Å²) in [6, 6.07) is 4.31. The van der Waals surface area contributed by atoms with Gasteiger partial charge in [-0.25, -0.2) is 4.39 Å². The maximum atomic E-state index is 12.9. The standard InChI is InChI=1S/C10H12FNO/c1-7-4-8(6-9(11)5-7)10(13)12(2)3/h4-6H,1-3H3. The summed E-state index contributed by atoms with van der Waals surface area (Å²) in [5, 5.41) is 0. The van der Waals surface area contributed by atoms with Crippen molar-refractivity contribution in [3.05, 3.63) is 35.1 Å². The highest BCUT2D eigenvalue weighted by molar-refractivity contribution is 5.94. The van der Waals surface area contributed by atoms with Gasteiger partial charge in [0.1, 0.15) is 5.82 Å². The molecule has 0 bridgehead atoms. The molecule has 0 aliphatic carbocycles. The van der Waals surface area contributed by atoms with Crippen LogP contribution in [0.15, 0.2) is 18.2 Å². The summed E-state index contributed by atoms with van der Waals surface area (Å²) in [5.41, 5.74) is 1.15. The minimum atomic E-state index is -0.370. The SMILES string of the molecule is Cc1cc(F)cc(C(=O)N(C)C)c1. The van der Waals surface area contributed by atoms with Gasteiger partial charge in [0.25, 0.3) is 5.91 Å². The van der Waals surface area contributed by atoms with Crippen molar-refractivity contribution in [1.29, 1.82) is 0 Å². The van der Waals surface area contributed by atoms with Crippen molar-refractivity contribution < 1.29 is 9.18 Å². The number of aryl methyl sites for hydroxylation is 1. The van der Waals surface area contributed by atoms with Crippen LogP contribution in [0.3, 0.4) is 0 Å². The van der Waals surface area contributed by atoms with Gasteiger partial charge in [-0.3, -0.25) is 4.79 Å². The van der Waals surface area contributed by atoms with Gasteiger partial charge in [-0.1, -0.05) is 0 Å². The monoisotopic (exact) mass is 181 g/mol. The Kier molecular flexibility index (Phi) is 2.66. The molecule has 0 fully saturated rings. The number of carbonyl (C=O) groups excluding carboxylic acids is 1. The quantitative estimate of drug-likeness (QED) is 0.647. The van der Waals surface area contributed by atoms with Crippen LogP contribution in [0.25, 0.3) is 0 Å². The van der Waals surface area contributed by atoms with Crippen molar-refractivity contribution in [2.45, 2.75) is 6.92 Å². The van der Waals surface area contributed by atoms with E-state index in [9.17, 15) is 9.18 Å². The van der Waals surface area contributed by atoms with E-state index in [4.69, 9.17) is 0 Å². The summed E-state index contributed by atoms with van der Waals surface area (Å²) in [7, 11) is 3.28. The fourth-order valence-corrected chi connectivity index (χ4v) is 1.12. The van der Waals surface area contributed by atoms with E-state index in [1.54, 1.807) is 27.1 Å². The Hall–Kier alpha value is -1.38. The van der Waals surface area contributed by atoms with Gasteiger partial charge in [0.15, 0.2) is 0 Å². The van der Waals surface area contributed by atoms with Crippen LogP contribution in [0, 0.1) is 12.7 Å². The Morgan fingerprint density at radius 2 is 1.92 bits per heavy atom. The predicted octanol–water partition coefficient (Wildman–Crippen LogP) is 1.84. The van der Waals surface area contributed by atoms with Crippen molar-refractivity contribution in [1.82, 2.24) is 4.90 Å². The molecule has 0 heterocycles. The minimum absolute atomic E-state index is 0.178. The third-order valence-corrected chi connectivity index (χ3v) is 1.70. The Labute approximate surface area is 77.0 Å². The molecule has 3 heteroatoms. The lowest BCUT2D eigenvalue weighted by Gasteiger charge is -2.10. The first-order valence-corrected chi connectivity index (χ1v) is 3.99. The highest BCUT2D eigenvalue weighted by Crippen LogP contribution is 2.09. The number of hydrogen-bond donors (Lipinski definition) is 0. The van der Waals surface area contributed by atoms with E-state index in [0.717, 1.165) is 5.56 Å². The molecule has 0 aliphatic rings. The van der Waals surface area contributed by atoms with Crippen molar-refractivity contribution in [3.63, 3.8) is 0 Å². The van der Waals surface area contributed by atoms with Gasteiger partial charge in [-0.15, -0.1) is 0 Å². The average Bonchev–Trinajstić information content (AvgIpc) is 2.01. The molecule has 0 saturated carbocycles. The van der Waals surface area contributed by atoms with E-state index in [2.05, 4.69) is 0 Å². The van der Waals surface area contributed by atoms with E-state index >= 15 is 0 Å². The molecular weight excluding hydrogens is 169 g/mol. The summed E-state index contributed by atoms with van der Waals surface area (Å²) < 4.78 is 12.9. The molecule has 0 radical (unpaired) electrons. The molecule has 2 nitrogen and oxygen atoms in total. The molecule has 0 unspecified atom stereocenters. The van der Waals surface area contributed by atoms with Crippen molar-refractivity contribution in [2.24, 2.45) is 0 Å². The van der Waals surface area contributed by atoms with Gasteiger partial charge < -0.3 is 4.90 Å². The van der Waals surface area contributed by atoms with Crippen molar-refractivity contribution >= 4 is 5.91 Å². The number of halogens is 1. The zero-order valence-corrected chi connectivity index (χ0v) is 7.97. The largest absolute Gasteiger partial charge is 0.345 e. The molecule has 0 N–H and O–H groups in total. The topological polar surface area (TPSA) is 20.3 Å². The van der Waals surface area contributed by atoms with Gasteiger partial charge in [0.05, 0.1) is 0 Å². The lowest BCUT2D eigenvalue weighted by Crippen LogP contribution is -2.21. The lowest BCUT2D eigenvalue weighted by atomic mass is 10.1. The van der Waals surface area contributed by atoms with E-state index < -0.39 is 0 Å². The first-order valence-electron chi connectivity index (χ1n) is 3.99. The third kappa shape index (κ3) is 2.28. The minimum Gasteiger partial charge on any atom is -0.345 e. The highest BCUT2D eigenvalue weighted by Gasteiger charge is 2.08. The summed E-state index contributed by atoms with van der Waals surface area (Å²) >= 11 is 0. The normalized spacial score (nSPS) is 9.85. The molecule has 1 amide bonds. The maximum absolute atomic E-state index is 12.9. The Morgan fingerprint density at radius 1 is 1.31 bits per heavy atom. The number of carbonyl (C=O) groups is 1. The predicted molar refractivity (Wildman–Crippen MR) is 49.2 cm³/mol. The zero-order chi connectivity index (χ0) is 10.0. The number of hydrogen-bond acceptors (Lipinski definition) is 1. The summed E-state index contributed by atoms with van der Waals surface area (Å²) in [4.78, 5) is 12.8. The molecular formula is C10H12FNO. The fraction of sp³-hybridized carbons (Fsp3) is 0.300. The molecule has 1 rings (SSSR count). The Balaban J connectivity index is 3.08. The van der Waals surface area contributed by atoms with Gasteiger partial charge in [0.2, 0.25) is 0 Å². The van der Waals surface area contributed by atoms with Crippen LogP contribution in [-0.4, -0.2) is 24.9 Å². The molecule has 13 heavy (non-hydrogen) atoms. The first kappa shape index (κ1) is 9.71. The number of benzene rings is 1. The summed E-state index contributed by atoms with van der Waals surface area (Å²) in [5.74, 6) is -0.548. The van der Waals surface area contributed by atoms with Crippen LogP contribution in [0.4, 0.5) is 4.39 Å². The fourth-order valence-electron chi connectivity index (χ4n) is 1.12. The Bertz CT molecular complexity index is 313. The molecule has 0 aliphatic heterocycles. The zero-order valence-electron chi connectivity index (χ0n) is 7.97. The number of amides is 1. The number of rotatable bonds is 1. The molecule has 0 atom stereocenters. The lowest BCUT2D eigenvalue weighted by molar-refractivity contribution is 0.0827. The first-order chi connectivity index (χ1) is 6.00. The van der Waals surface area contributed by atoms with Gasteiger partial charge >= 0.3 is 0 Å². The smallest absolute Gasteiger partial charge is 0.253 e. The van der Waals surface area contributed by atoms with Crippen molar-refractivity contribution in [2.75, 3.05) is 14.1 Å². The van der Waals surface area contributed by atoms with E-state index in [0.29, 0.717) is 5.56 Å². The van der Waals surface area contributed by atoms with Gasteiger partial charge in [-0.05, 0) is 30.7 Å². The van der Waals surface area contributed by atoms with Crippen LogP contribution in [0.5, 0.6) is 0 Å². The third-order valence-electron chi connectivity index (χ3n) is 1.70. The molecule has 1 aromatic carbocycles. The number of nitrogens with zero attached hydrogens (tertiary/aromatic N) is 1. The van der Waals surface area contributed by atoms with Gasteiger partial charge in [0, 0.05) is 19.7 Å². The highest BCUT2D eigenvalue weighted by atomic mass is 19.1.